The summed E-state index contributed by atoms with van der Waals surface area (Å²) in [5, 5.41) is 0.820. The molecular weight excluding hydrogens is 403 g/mol. The van der Waals surface area contributed by atoms with Gasteiger partial charge in [-0.3, -0.25) is 0 Å². The van der Waals surface area contributed by atoms with Crippen LogP contribution in [0.15, 0.2) is 34.7 Å². The fourth-order valence-electron chi connectivity index (χ4n) is 2.14. The standard InChI is InChI=1S/C17H13BrF3NO3/c18-7-2-8-23-12-3-1-4-13-17(12)22-14(25-13)9-24-11-6-5-10(19)15(20)16(11)21/h1,3-6H,2,7-9H2. The molecule has 25 heavy (non-hydrogen) atoms. The van der Waals surface area contributed by atoms with E-state index in [4.69, 9.17) is 13.9 Å². The van der Waals surface area contributed by atoms with Crippen molar-refractivity contribution in [3.8, 4) is 11.5 Å². The van der Waals surface area contributed by atoms with Crippen molar-refractivity contribution in [2.75, 3.05) is 11.9 Å². The average Bonchev–Trinajstić information content (AvgIpc) is 3.03. The summed E-state index contributed by atoms with van der Waals surface area (Å²) < 4.78 is 56.0. The minimum Gasteiger partial charge on any atom is -0.491 e. The second-order valence-electron chi connectivity index (χ2n) is 5.06. The van der Waals surface area contributed by atoms with Gasteiger partial charge >= 0.3 is 0 Å². The van der Waals surface area contributed by atoms with Crippen LogP contribution in [0.1, 0.15) is 12.3 Å². The molecule has 0 saturated carbocycles. The summed E-state index contributed by atoms with van der Waals surface area (Å²) >= 11 is 3.32. The molecule has 2 aromatic carbocycles. The minimum absolute atomic E-state index is 0.163. The molecule has 0 fully saturated rings. The van der Waals surface area contributed by atoms with Gasteiger partial charge in [-0.2, -0.15) is 4.39 Å². The Hall–Kier alpha value is -2.22. The number of nitrogens with zero attached hydrogens (tertiary/aromatic N) is 1. The fraction of sp³-hybridized carbons (Fsp3) is 0.235. The molecule has 0 bridgehead atoms. The monoisotopic (exact) mass is 415 g/mol. The molecule has 0 aliphatic carbocycles. The zero-order valence-electron chi connectivity index (χ0n) is 12.9. The zero-order chi connectivity index (χ0) is 17.8. The van der Waals surface area contributed by atoms with Crippen molar-refractivity contribution in [3.05, 3.63) is 53.7 Å². The van der Waals surface area contributed by atoms with Crippen molar-refractivity contribution in [2.24, 2.45) is 0 Å². The molecule has 4 nitrogen and oxygen atoms in total. The lowest BCUT2D eigenvalue weighted by Crippen LogP contribution is -2.01. The lowest BCUT2D eigenvalue weighted by Gasteiger charge is -2.05. The summed E-state index contributed by atoms with van der Waals surface area (Å²) in [6, 6.07) is 7.03. The lowest BCUT2D eigenvalue weighted by atomic mass is 10.3. The second kappa shape index (κ2) is 7.77. The van der Waals surface area contributed by atoms with Gasteiger partial charge < -0.3 is 13.9 Å². The second-order valence-corrected chi connectivity index (χ2v) is 5.86. The van der Waals surface area contributed by atoms with E-state index in [0.717, 1.165) is 23.9 Å². The molecule has 3 aromatic rings. The molecular formula is C17H13BrF3NO3. The van der Waals surface area contributed by atoms with Gasteiger partial charge in [-0.1, -0.05) is 22.0 Å². The Morgan fingerprint density at radius 3 is 2.64 bits per heavy atom. The van der Waals surface area contributed by atoms with Crippen molar-refractivity contribution in [3.63, 3.8) is 0 Å². The lowest BCUT2D eigenvalue weighted by molar-refractivity contribution is 0.250. The molecule has 1 aromatic heterocycles. The maximum absolute atomic E-state index is 13.6. The SMILES string of the molecule is Fc1ccc(OCc2nc3c(OCCCBr)cccc3o2)c(F)c1F. The van der Waals surface area contributed by atoms with Crippen LogP contribution in [-0.4, -0.2) is 16.9 Å². The number of ether oxygens (including phenoxy) is 2. The van der Waals surface area contributed by atoms with Crippen LogP contribution in [0.25, 0.3) is 11.1 Å². The van der Waals surface area contributed by atoms with E-state index < -0.39 is 23.2 Å². The van der Waals surface area contributed by atoms with Crippen molar-refractivity contribution < 1.29 is 27.1 Å². The van der Waals surface area contributed by atoms with Crippen LogP contribution in [0, 0.1) is 17.5 Å². The molecule has 0 spiro atoms. The first-order valence-electron chi connectivity index (χ1n) is 7.43. The maximum atomic E-state index is 13.6. The minimum atomic E-state index is -1.59. The Morgan fingerprint density at radius 2 is 1.84 bits per heavy atom. The van der Waals surface area contributed by atoms with E-state index >= 15 is 0 Å². The van der Waals surface area contributed by atoms with Crippen molar-refractivity contribution >= 4 is 27.0 Å². The summed E-state index contributed by atoms with van der Waals surface area (Å²) in [7, 11) is 0. The first-order valence-corrected chi connectivity index (χ1v) is 8.55. The summed E-state index contributed by atoms with van der Waals surface area (Å²) in [6.45, 7) is 0.278. The highest BCUT2D eigenvalue weighted by Crippen LogP contribution is 2.27. The highest BCUT2D eigenvalue weighted by molar-refractivity contribution is 9.09. The van der Waals surface area contributed by atoms with Crippen LogP contribution < -0.4 is 9.47 Å². The van der Waals surface area contributed by atoms with Crippen LogP contribution in [0.4, 0.5) is 13.2 Å². The number of benzene rings is 2. The van der Waals surface area contributed by atoms with Gasteiger partial charge in [0.15, 0.2) is 35.1 Å². The zero-order valence-corrected chi connectivity index (χ0v) is 14.5. The summed E-state index contributed by atoms with van der Waals surface area (Å²) in [5.74, 6) is -3.96. The number of rotatable bonds is 7. The molecule has 8 heteroatoms. The Bertz CT molecular complexity index is 885. The molecule has 0 radical (unpaired) electrons. The third kappa shape index (κ3) is 3.89. The molecule has 0 aliphatic heterocycles. The molecule has 0 aliphatic rings. The number of halogens is 4. The third-order valence-electron chi connectivity index (χ3n) is 3.31. The van der Waals surface area contributed by atoms with Gasteiger partial charge in [0.25, 0.3) is 0 Å². The first-order chi connectivity index (χ1) is 12.1. The number of para-hydroxylation sites is 1. The summed E-state index contributed by atoms with van der Waals surface area (Å²) in [6.07, 6.45) is 0.833. The van der Waals surface area contributed by atoms with E-state index in [2.05, 4.69) is 20.9 Å². The Balaban J connectivity index is 1.76. The first kappa shape index (κ1) is 17.6. The molecule has 0 N–H and O–H groups in total. The summed E-state index contributed by atoms with van der Waals surface area (Å²) in [5.41, 5.74) is 1.00. The number of fused-ring (bicyclic) bond motifs is 1. The van der Waals surface area contributed by atoms with Gasteiger partial charge in [0.05, 0.1) is 6.61 Å². The number of alkyl halides is 1. The normalized spacial score (nSPS) is 11.0. The van der Waals surface area contributed by atoms with Crippen LogP contribution >= 0.6 is 15.9 Å². The van der Waals surface area contributed by atoms with Crippen LogP contribution in [0.5, 0.6) is 11.5 Å². The van der Waals surface area contributed by atoms with E-state index in [-0.39, 0.29) is 12.5 Å². The molecule has 0 saturated heterocycles. The van der Waals surface area contributed by atoms with E-state index in [0.29, 0.717) is 23.5 Å². The molecule has 0 atom stereocenters. The average molecular weight is 416 g/mol. The smallest absolute Gasteiger partial charge is 0.233 e. The van der Waals surface area contributed by atoms with Crippen molar-refractivity contribution in [1.29, 1.82) is 0 Å². The quantitative estimate of drug-likeness (QED) is 0.309. The van der Waals surface area contributed by atoms with Gasteiger partial charge in [-0.25, -0.2) is 13.8 Å². The predicted molar refractivity (Wildman–Crippen MR) is 88.6 cm³/mol. The van der Waals surface area contributed by atoms with Gasteiger partial charge in [-0.15, -0.1) is 0 Å². The van der Waals surface area contributed by atoms with Crippen LogP contribution in [0.3, 0.4) is 0 Å². The van der Waals surface area contributed by atoms with Crippen molar-refractivity contribution in [1.82, 2.24) is 4.98 Å². The van der Waals surface area contributed by atoms with Crippen LogP contribution in [-0.2, 0) is 6.61 Å². The largest absolute Gasteiger partial charge is 0.491 e. The summed E-state index contributed by atoms with van der Waals surface area (Å²) in [4.78, 5) is 4.26. The van der Waals surface area contributed by atoms with Crippen LogP contribution in [0.2, 0.25) is 0 Å². The predicted octanol–water partition coefficient (Wildman–Crippen LogP) is 4.99. The number of aromatic nitrogens is 1. The van der Waals surface area contributed by atoms with Gasteiger partial charge in [0, 0.05) is 5.33 Å². The Kier molecular flexibility index (Phi) is 5.47. The Labute approximate surface area is 149 Å². The van der Waals surface area contributed by atoms with Crippen molar-refractivity contribution in [2.45, 2.75) is 13.0 Å². The number of oxazole rings is 1. The van der Waals surface area contributed by atoms with Gasteiger partial charge in [0.1, 0.15) is 5.75 Å². The maximum Gasteiger partial charge on any atom is 0.233 e. The molecule has 1 heterocycles. The fourth-order valence-corrected chi connectivity index (χ4v) is 2.37. The van der Waals surface area contributed by atoms with E-state index in [1.807, 2.05) is 0 Å². The van der Waals surface area contributed by atoms with E-state index in [1.165, 1.54) is 0 Å². The van der Waals surface area contributed by atoms with E-state index in [1.54, 1.807) is 18.2 Å². The van der Waals surface area contributed by atoms with E-state index in [9.17, 15) is 13.2 Å². The molecule has 3 rings (SSSR count). The molecule has 0 amide bonds. The Morgan fingerprint density at radius 1 is 1.00 bits per heavy atom. The molecule has 132 valence electrons. The topological polar surface area (TPSA) is 44.5 Å². The van der Waals surface area contributed by atoms with Gasteiger partial charge in [-0.05, 0) is 30.7 Å². The number of hydrogen-bond donors (Lipinski definition) is 0. The van der Waals surface area contributed by atoms with Gasteiger partial charge in [0.2, 0.25) is 11.7 Å². The highest BCUT2D eigenvalue weighted by atomic mass is 79.9. The number of hydrogen-bond acceptors (Lipinski definition) is 4. The third-order valence-corrected chi connectivity index (χ3v) is 3.87. The highest BCUT2D eigenvalue weighted by Gasteiger charge is 2.16. The molecule has 0 unspecified atom stereocenters.